The zero-order chi connectivity index (χ0) is 16.9. The van der Waals surface area contributed by atoms with Crippen LogP contribution >= 0.6 is 0 Å². The summed E-state index contributed by atoms with van der Waals surface area (Å²) in [6.07, 6.45) is 6.74. The molecule has 0 aromatic heterocycles. The van der Waals surface area contributed by atoms with Crippen LogP contribution in [0.3, 0.4) is 0 Å². The predicted octanol–water partition coefficient (Wildman–Crippen LogP) is 2.48. The molecule has 2 aliphatic heterocycles. The van der Waals surface area contributed by atoms with Gasteiger partial charge >= 0.3 is 11.9 Å². The van der Waals surface area contributed by atoms with Gasteiger partial charge in [-0.1, -0.05) is 6.42 Å². The quantitative estimate of drug-likeness (QED) is 0.420. The first-order chi connectivity index (χ1) is 10.7. The summed E-state index contributed by atoms with van der Waals surface area (Å²) in [6.45, 7) is 7.76. The van der Waals surface area contributed by atoms with Crippen LogP contribution in [0.15, 0.2) is 11.8 Å². The molecule has 3 rings (SSSR count). The summed E-state index contributed by atoms with van der Waals surface area (Å²) in [5.74, 6) is -2.50. The lowest BCUT2D eigenvalue weighted by atomic mass is 9.89. The second-order valence-electron chi connectivity index (χ2n) is 7.70. The van der Waals surface area contributed by atoms with Crippen molar-refractivity contribution in [3.63, 3.8) is 0 Å². The van der Waals surface area contributed by atoms with Crippen LogP contribution in [0.4, 0.5) is 0 Å². The van der Waals surface area contributed by atoms with E-state index in [9.17, 15) is 9.59 Å². The maximum atomic E-state index is 12.2. The lowest BCUT2D eigenvalue weighted by molar-refractivity contribution is -0.222. The third kappa shape index (κ3) is 2.84. The molecule has 0 amide bonds. The van der Waals surface area contributed by atoms with Crippen molar-refractivity contribution in [2.24, 2.45) is 0 Å². The molecule has 0 radical (unpaired) electrons. The average Bonchev–Trinajstić information content (AvgIpc) is 2.66. The van der Waals surface area contributed by atoms with Gasteiger partial charge in [0.1, 0.15) is 5.72 Å². The molecule has 3 aliphatic rings. The van der Waals surface area contributed by atoms with Crippen LogP contribution in [-0.4, -0.2) is 40.5 Å². The molecular weight excluding hydrogens is 298 g/mol. The van der Waals surface area contributed by atoms with Gasteiger partial charge in [-0.05, 0) is 39.5 Å². The van der Waals surface area contributed by atoms with Gasteiger partial charge in [0.2, 0.25) is 0 Å². The molecule has 0 N–H and O–H groups in total. The Labute approximate surface area is 136 Å². The average molecular weight is 323 g/mol. The molecule has 0 unspecified atom stereocenters. The number of nitrogens with zero attached hydrogens (tertiary/aromatic N) is 1. The lowest BCUT2D eigenvalue weighted by Gasteiger charge is -2.44. The molecule has 23 heavy (non-hydrogen) atoms. The fourth-order valence-corrected chi connectivity index (χ4v) is 3.68. The molecule has 1 spiro atoms. The highest BCUT2D eigenvalue weighted by atomic mass is 16.7. The third-order valence-corrected chi connectivity index (χ3v) is 4.80. The summed E-state index contributed by atoms with van der Waals surface area (Å²) in [7, 11) is 0. The highest BCUT2D eigenvalue weighted by molar-refractivity contribution is 6.15. The van der Waals surface area contributed by atoms with Gasteiger partial charge in [-0.25, -0.2) is 9.59 Å². The van der Waals surface area contributed by atoms with E-state index in [-0.39, 0.29) is 11.1 Å². The maximum Gasteiger partial charge on any atom is 0.350 e. The van der Waals surface area contributed by atoms with Crippen molar-refractivity contribution >= 4 is 11.9 Å². The molecule has 2 saturated heterocycles. The normalized spacial score (nSPS) is 28.5. The summed E-state index contributed by atoms with van der Waals surface area (Å²) in [5, 5.41) is 0. The third-order valence-electron chi connectivity index (χ3n) is 4.80. The van der Waals surface area contributed by atoms with E-state index in [0.717, 1.165) is 25.7 Å². The van der Waals surface area contributed by atoms with Crippen LogP contribution < -0.4 is 0 Å². The molecule has 0 aromatic carbocycles. The van der Waals surface area contributed by atoms with Gasteiger partial charge in [-0.3, -0.25) is 0 Å². The van der Waals surface area contributed by atoms with Gasteiger partial charge in [0.25, 0.3) is 5.79 Å². The minimum absolute atomic E-state index is 0.0622. The number of esters is 2. The number of cyclic esters (lactones) is 2. The van der Waals surface area contributed by atoms with E-state index in [0.29, 0.717) is 6.61 Å². The van der Waals surface area contributed by atoms with E-state index in [1.807, 2.05) is 4.90 Å². The van der Waals surface area contributed by atoms with Crippen molar-refractivity contribution in [2.75, 3.05) is 6.61 Å². The predicted molar refractivity (Wildman–Crippen MR) is 82.0 cm³/mol. The number of rotatable bonds is 1. The van der Waals surface area contributed by atoms with Crippen molar-refractivity contribution in [2.45, 2.75) is 76.9 Å². The van der Waals surface area contributed by atoms with Gasteiger partial charge in [0, 0.05) is 20.0 Å². The monoisotopic (exact) mass is 323 g/mol. The SMILES string of the molecule is CC1(C)OC(=O)C(=CN2C(C)(C)COC23CCCCC3)C(=O)O1. The van der Waals surface area contributed by atoms with Crippen molar-refractivity contribution in [3.8, 4) is 0 Å². The van der Waals surface area contributed by atoms with Crippen molar-refractivity contribution in [1.29, 1.82) is 0 Å². The van der Waals surface area contributed by atoms with Gasteiger partial charge in [-0.2, -0.15) is 0 Å². The molecule has 1 saturated carbocycles. The summed E-state index contributed by atoms with van der Waals surface area (Å²) in [4.78, 5) is 26.5. The molecule has 6 nitrogen and oxygen atoms in total. The summed E-state index contributed by atoms with van der Waals surface area (Å²) in [6, 6.07) is 0. The Morgan fingerprint density at radius 1 is 0.957 bits per heavy atom. The molecule has 0 atom stereocenters. The first kappa shape index (κ1) is 16.3. The first-order valence-electron chi connectivity index (χ1n) is 8.27. The number of ether oxygens (including phenoxy) is 3. The fraction of sp³-hybridized carbons (Fsp3) is 0.765. The van der Waals surface area contributed by atoms with Gasteiger partial charge < -0.3 is 19.1 Å². The zero-order valence-electron chi connectivity index (χ0n) is 14.3. The van der Waals surface area contributed by atoms with Crippen LogP contribution in [0, 0.1) is 0 Å². The van der Waals surface area contributed by atoms with E-state index >= 15 is 0 Å². The number of hydrogen-bond donors (Lipinski definition) is 0. The van der Waals surface area contributed by atoms with Gasteiger partial charge in [0.15, 0.2) is 5.57 Å². The van der Waals surface area contributed by atoms with E-state index in [1.165, 1.54) is 6.42 Å². The number of carbonyl (C=O) groups is 2. The molecule has 1 aliphatic carbocycles. The molecule has 6 heteroatoms. The largest absolute Gasteiger partial charge is 0.419 e. The van der Waals surface area contributed by atoms with E-state index < -0.39 is 23.5 Å². The Morgan fingerprint density at radius 2 is 1.52 bits per heavy atom. The lowest BCUT2D eigenvalue weighted by Crippen LogP contribution is -2.51. The van der Waals surface area contributed by atoms with Crippen molar-refractivity contribution in [3.05, 3.63) is 11.8 Å². The standard InChI is InChI=1S/C17H25NO5/c1-15(2)11-21-17(8-6-5-7-9-17)18(15)10-12-13(19)22-16(3,4)23-14(12)20/h10H,5-9,11H2,1-4H3. The van der Waals surface area contributed by atoms with Crippen LogP contribution in [-0.2, 0) is 23.8 Å². The Morgan fingerprint density at radius 3 is 2.09 bits per heavy atom. The highest BCUT2D eigenvalue weighted by Crippen LogP contribution is 2.45. The van der Waals surface area contributed by atoms with Gasteiger partial charge in [0.05, 0.1) is 12.1 Å². The molecule has 2 heterocycles. The van der Waals surface area contributed by atoms with Gasteiger partial charge in [-0.15, -0.1) is 0 Å². The Balaban J connectivity index is 1.94. The second kappa shape index (κ2) is 5.23. The second-order valence-corrected chi connectivity index (χ2v) is 7.70. The van der Waals surface area contributed by atoms with E-state index in [2.05, 4.69) is 13.8 Å². The molecule has 0 aromatic rings. The van der Waals surface area contributed by atoms with Crippen molar-refractivity contribution < 1.29 is 23.8 Å². The van der Waals surface area contributed by atoms with Crippen LogP contribution in [0.5, 0.6) is 0 Å². The Hall–Kier alpha value is -1.56. The Kier molecular flexibility index (Phi) is 3.71. The zero-order valence-corrected chi connectivity index (χ0v) is 14.3. The van der Waals surface area contributed by atoms with Crippen LogP contribution in [0.2, 0.25) is 0 Å². The number of carbonyl (C=O) groups excluding carboxylic acids is 2. The summed E-state index contributed by atoms with van der Waals surface area (Å²) in [5.41, 5.74) is -0.784. The highest BCUT2D eigenvalue weighted by Gasteiger charge is 2.51. The molecule has 0 bridgehead atoms. The van der Waals surface area contributed by atoms with Crippen LogP contribution in [0.25, 0.3) is 0 Å². The van der Waals surface area contributed by atoms with Crippen LogP contribution in [0.1, 0.15) is 59.8 Å². The minimum atomic E-state index is -1.22. The van der Waals surface area contributed by atoms with E-state index in [1.54, 1.807) is 20.0 Å². The topological polar surface area (TPSA) is 65.1 Å². The maximum absolute atomic E-state index is 12.2. The summed E-state index contributed by atoms with van der Waals surface area (Å²) < 4.78 is 16.5. The minimum Gasteiger partial charge on any atom is -0.419 e. The van der Waals surface area contributed by atoms with E-state index in [4.69, 9.17) is 14.2 Å². The molecule has 3 fully saturated rings. The van der Waals surface area contributed by atoms with Crippen molar-refractivity contribution in [1.82, 2.24) is 4.90 Å². The molecule has 128 valence electrons. The molecular formula is C17H25NO5. The smallest absolute Gasteiger partial charge is 0.350 e. The fourth-order valence-electron chi connectivity index (χ4n) is 3.68. The first-order valence-corrected chi connectivity index (χ1v) is 8.27. The number of hydrogen-bond acceptors (Lipinski definition) is 6. The Bertz CT molecular complexity index is 535. The summed E-state index contributed by atoms with van der Waals surface area (Å²) >= 11 is 0.